The monoisotopic (exact) mass is 443 g/mol. The highest BCUT2D eigenvalue weighted by atomic mass is 16.5. The van der Waals surface area contributed by atoms with Gasteiger partial charge in [-0.1, -0.05) is 12.1 Å². The number of ether oxygens (including phenoxy) is 2. The highest BCUT2D eigenvalue weighted by Gasteiger charge is 2.26. The van der Waals surface area contributed by atoms with Crippen molar-refractivity contribution in [3.63, 3.8) is 0 Å². The molecule has 7 nitrogen and oxygen atoms in total. The van der Waals surface area contributed by atoms with E-state index in [4.69, 9.17) is 13.9 Å². The third-order valence-electron chi connectivity index (χ3n) is 5.82. The van der Waals surface area contributed by atoms with Crippen molar-refractivity contribution in [2.45, 2.75) is 13.3 Å². The number of hydrogen-bond donors (Lipinski definition) is 0. The molecule has 1 fully saturated rings. The molecule has 33 heavy (non-hydrogen) atoms. The number of amides is 1. The van der Waals surface area contributed by atoms with Crippen LogP contribution in [0.25, 0.3) is 11.0 Å². The maximum Gasteiger partial charge on any atom is 0.259 e. The van der Waals surface area contributed by atoms with Gasteiger partial charge in [0, 0.05) is 36.3 Å². The molecule has 0 bridgehead atoms. The Hall–Kier alpha value is -3.71. The van der Waals surface area contributed by atoms with Gasteiger partial charge in [-0.15, -0.1) is 0 Å². The van der Waals surface area contributed by atoms with E-state index in [-0.39, 0.29) is 17.7 Å². The van der Waals surface area contributed by atoms with E-state index in [9.17, 15) is 4.79 Å². The summed E-state index contributed by atoms with van der Waals surface area (Å²) in [6.07, 6.45) is 5.76. The lowest BCUT2D eigenvalue weighted by atomic mass is 9.97. The Labute approximate surface area is 192 Å². The van der Waals surface area contributed by atoms with Crippen LogP contribution in [-0.4, -0.2) is 47.1 Å². The van der Waals surface area contributed by atoms with Crippen LogP contribution in [-0.2, 0) is 11.2 Å². The maximum absolute atomic E-state index is 13.5. The van der Waals surface area contributed by atoms with Gasteiger partial charge in [0.1, 0.15) is 16.9 Å². The minimum Gasteiger partial charge on any atom is -0.464 e. The minimum atomic E-state index is -0.116. The van der Waals surface area contributed by atoms with Gasteiger partial charge in [0.25, 0.3) is 5.91 Å². The van der Waals surface area contributed by atoms with Gasteiger partial charge < -0.3 is 18.8 Å². The summed E-state index contributed by atoms with van der Waals surface area (Å²) >= 11 is 0. The Morgan fingerprint density at radius 2 is 2.09 bits per heavy atom. The molecule has 0 radical (unpaired) electrons. The summed E-state index contributed by atoms with van der Waals surface area (Å²) < 4.78 is 17.3. The second-order valence-electron chi connectivity index (χ2n) is 8.24. The first-order chi connectivity index (χ1) is 16.2. The van der Waals surface area contributed by atoms with Crippen molar-refractivity contribution in [3.05, 3.63) is 84.0 Å². The van der Waals surface area contributed by atoms with Crippen molar-refractivity contribution in [1.29, 1.82) is 0 Å². The molecule has 7 heteroatoms. The van der Waals surface area contributed by atoms with Gasteiger partial charge in [-0.2, -0.15) is 0 Å². The molecule has 4 aromatic rings. The van der Waals surface area contributed by atoms with Gasteiger partial charge in [0.05, 0.1) is 25.7 Å². The zero-order chi connectivity index (χ0) is 22.6. The average molecular weight is 444 g/mol. The van der Waals surface area contributed by atoms with Crippen LogP contribution in [0.5, 0.6) is 11.6 Å². The van der Waals surface area contributed by atoms with Crippen molar-refractivity contribution in [2.24, 2.45) is 5.92 Å². The molecule has 0 spiro atoms. The van der Waals surface area contributed by atoms with Gasteiger partial charge in [0.15, 0.2) is 0 Å². The predicted molar refractivity (Wildman–Crippen MR) is 123 cm³/mol. The topological polar surface area (TPSA) is 77.7 Å². The fourth-order valence-corrected chi connectivity index (χ4v) is 4.17. The van der Waals surface area contributed by atoms with Crippen molar-refractivity contribution in [2.75, 3.05) is 26.3 Å². The van der Waals surface area contributed by atoms with Gasteiger partial charge in [-0.25, -0.2) is 4.98 Å². The normalized spacial score (nSPS) is 16.5. The maximum atomic E-state index is 13.5. The Kier molecular flexibility index (Phi) is 6.04. The lowest BCUT2D eigenvalue weighted by Gasteiger charge is -2.24. The van der Waals surface area contributed by atoms with Crippen LogP contribution >= 0.6 is 0 Å². The highest BCUT2D eigenvalue weighted by molar-refractivity contribution is 5.96. The number of aryl methyl sites for hydroxylation is 1. The third kappa shape index (κ3) is 4.73. The van der Waals surface area contributed by atoms with Crippen LogP contribution in [0.1, 0.15) is 21.6 Å². The summed E-state index contributed by atoms with van der Waals surface area (Å²) in [4.78, 5) is 23.9. The molecule has 3 aromatic heterocycles. The SMILES string of the molecule is Cc1ccc(Oc2ncccc2C(=O)N2CCOCC(Cc3cccc4occc34)C2)cn1. The molecule has 1 saturated heterocycles. The smallest absolute Gasteiger partial charge is 0.259 e. The quantitative estimate of drug-likeness (QED) is 0.447. The lowest BCUT2D eigenvalue weighted by Crippen LogP contribution is -2.36. The highest BCUT2D eigenvalue weighted by Crippen LogP contribution is 2.26. The molecule has 0 aliphatic carbocycles. The Morgan fingerprint density at radius 1 is 1.15 bits per heavy atom. The van der Waals surface area contributed by atoms with Crippen LogP contribution < -0.4 is 4.74 Å². The van der Waals surface area contributed by atoms with E-state index in [0.29, 0.717) is 37.6 Å². The van der Waals surface area contributed by atoms with Crippen LogP contribution in [0, 0.1) is 12.8 Å². The van der Waals surface area contributed by atoms with Crippen molar-refractivity contribution >= 4 is 16.9 Å². The Bertz CT molecular complexity index is 1250. The zero-order valence-electron chi connectivity index (χ0n) is 18.4. The molecule has 0 N–H and O–H groups in total. The number of aromatic nitrogens is 2. The fraction of sp³-hybridized carbons (Fsp3) is 0.269. The van der Waals surface area contributed by atoms with Crippen molar-refractivity contribution in [3.8, 4) is 11.6 Å². The summed E-state index contributed by atoms with van der Waals surface area (Å²) in [6.45, 7) is 4.11. The number of carbonyl (C=O) groups is 1. The summed E-state index contributed by atoms with van der Waals surface area (Å²) in [6, 6.07) is 15.2. The second-order valence-corrected chi connectivity index (χ2v) is 8.24. The number of hydrogen-bond acceptors (Lipinski definition) is 6. The number of benzene rings is 1. The summed E-state index contributed by atoms with van der Waals surface area (Å²) in [5.41, 5.74) is 3.39. The first-order valence-electron chi connectivity index (χ1n) is 11.0. The number of carbonyl (C=O) groups excluding carboxylic acids is 1. The molecule has 5 rings (SSSR count). The van der Waals surface area contributed by atoms with E-state index in [2.05, 4.69) is 16.0 Å². The van der Waals surface area contributed by atoms with Crippen LogP contribution in [0.2, 0.25) is 0 Å². The van der Waals surface area contributed by atoms with E-state index >= 15 is 0 Å². The molecule has 1 aliphatic heterocycles. The van der Waals surface area contributed by atoms with Gasteiger partial charge >= 0.3 is 0 Å². The van der Waals surface area contributed by atoms with Gasteiger partial charge in [-0.05, 0) is 55.3 Å². The van der Waals surface area contributed by atoms with Crippen molar-refractivity contribution < 1.29 is 18.7 Å². The predicted octanol–water partition coefficient (Wildman–Crippen LogP) is 4.65. The number of furan rings is 1. The first kappa shape index (κ1) is 21.2. The standard InChI is InChI=1S/C26H25N3O4/c1-18-7-8-21(15-28-18)33-25-23(5-3-10-27-25)26(30)29-11-13-31-17-19(16-29)14-20-4-2-6-24-22(20)9-12-32-24/h2-10,12,15,19H,11,13-14,16-17H2,1H3. The zero-order valence-corrected chi connectivity index (χ0v) is 18.4. The molecule has 168 valence electrons. The molecule has 1 aromatic carbocycles. The fourth-order valence-electron chi connectivity index (χ4n) is 4.17. The molecule has 1 atom stereocenters. The van der Waals surface area contributed by atoms with E-state index in [1.807, 2.05) is 42.2 Å². The van der Waals surface area contributed by atoms with Crippen LogP contribution in [0.15, 0.2) is 71.6 Å². The van der Waals surface area contributed by atoms with Gasteiger partial charge in [0.2, 0.25) is 5.88 Å². The molecule has 0 saturated carbocycles. The molecule has 4 heterocycles. The van der Waals surface area contributed by atoms with E-state index in [0.717, 1.165) is 23.1 Å². The van der Waals surface area contributed by atoms with Gasteiger partial charge in [-0.3, -0.25) is 9.78 Å². The Balaban J connectivity index is 1.35. The number of pyridine rings is 2. The molecular formula is C26H25N3O4. The molecule has 1 unspecified atom stereocenters. The summed E-state index contributed by atoms with van der Waals surface area (Å²) in [5.74, 6) is 0.867. The van der Waals surface area contributed by atoms with Crippen molar-refractivity contribution in [1.82, 2.24) is 14.9 Å². The van der Waals surface area contributed by atoms with E-state index in [1.54, 1.807) is 30.8 Å². The number of rotatable bonds is 5. The largest absolute Gasteiger partial charge is 0.464 e. The summed E-state index contributed by atoms with van der Waals surface area (Å²) in [7, 11) is 0. The lowest BCUT2D eigenvalue weighted by molar-refractivity contribution is 0.0734. The molecular weight excluding hydrogens is 418 g/mol. The molecule has 1 amide bonds. The number of fused-ring (bicyclic) bond motifs is 1. The average Bonchev–Trinajstić information content (AvgIpc) is 3.20. The summed E-state index contributed by atoms with van der Waals surface area (Å²) in [5, 5.41) is 1.11. The Morgan fingerprint density at radius 3 is 2.97 bits per heavy atom. The van der Waals surface area contributed by atoms with E-state index < -0.39 is 0 Å². The third-order valence-corrected chi connectivity index (χ3v) is 5.82. The van der Waals surface area contributed by atoms with E-state index in [1.165, 1.54) is 5.56 Å². The van der Waals surface area contributed by atoms with Crippen LogP contribution in [0.3, 0.4) is 0 Å². The second kappa shape index (κ2) is 9.42. The number of nitrogens with zero attached hydrogens (tertiary/aromatic N) is 3. The molecule has 1 aliphatic rings. The minimum absolute atomic E-state index is 0.116. The van der Waals surface area contributed by atoms with Crippen LogP contribution in [0.4, 0.5) is 0 Å². The first-order valence-corrected chi connectivity index (χ1v) is 11.0.